The number of benzene rings is 1. The zero-order chi connectivity index (χ0) is 15.0. The van der Waals surface area contributed by atoms with Crippen LogP contribution in [-0.4, -0.2) is 23.5 Å². The van der Waals surface area contributed by atoms with Crippen molar-refractivity contribution in [3.05, 3.63) is 29.8 Å². The molecule has 0 aromatic heterocycles. The Hall–Kier alpha value is -2.04. The highest BCUT2D eigenvalue weighted by Crippen LogP contribution is 2.12. The van der Waals surface area contributed by atoms with Gasteiger partial charge in [0.1, 0.15) is 0 Å². The Morgan fingerprint density at radius 2 is 2.05 bits per heavy atom. The van der Waals surface area contributed by atoms with Crippen LogP contribution in [0.3, 0.4) is 0 Å². The maximum atomic E-state index is 11.7. The van der Waals surface area contributed by atoms with Gasteiger partial charge in [-0.1, -0.05) is 31.5 Å². The van der Waals surface area contributed by atoms with Crippen molar-refractivity contribution in [2.75, 3.05) is 12.3 Å². The molecule has 0 spiro atoms. The summed E-state index contributed by atoms with van der Waals surface area (Å²) in [5.41, 5.74) is 7.41. The predicted octanol–water partition coefficient (Wildman–Crippen LogP) is 1.82. The molecule has 0 aliphatic carbocycles. The van der Waals surface area contributed by atoms with Crippen molar-refractivity contribution in [3.8, 4) is 0 Å². The quantitative estimate of drug-likeness (QED) is 0.632. The first-order valence-corrected chi connectivity index (χ1v) is 6.87. The molecule has 1 aromatic rings. The molecule has 1 aromatic carbocycles. The molecule has 20 heavy (non-hydrogen) atoms. The van der Waals surface area contributed by atoms with Crippen LogP contribution in [0.2, 0.25) is 0 Å². The molecule has 1 amide bonds. The molecule has 1 unspecified atom stereocenters. The van der Waals surface area contributed by atoms with E-state index in [2.05, 4.69) is 5.32 Å². The lowest BCUT2D eigenvalue weighted by molar-refractivity contribution is -0.141. The molecule has 0 aliphatic rings. The molecule has 0 radical (unpaired) electrons. The minimum absolute atomic E-state index is 0.143. The van der Waals surface area contributed by atoms with Gasteiger partial charge >= 0.3 is 5.97 Å². The average molecular weight is 278 g/mol. The molecular weight excluding hydrogens is 256 g/mol. The van der Waals surface area contributed by atoms with Crippen molar-refractivity contribution < 1.29 is 14.7 Å². The number of rotatable bonds is 8. The van der Waals surface area contributed by atoms with Gasteiger partial charge < -0.3 is 16.2 Å². The van der Waals surface area contributed by atoms with E-state index in [0.29, 0.717) is 24.9 Å². The highest BCUT2D eigenvalue weighted by molar-refractivity contribution is 5.77. The van der Waals surface area contributed by atoms with Crippen LogP contribution in [-0.2, 0) is 16.0 Å². The van der Waals surface area contributed by atoms with E-state index >= 15 is 0 Å². The summed E-state index contributed by atoms with van der Waals surface area (Å²) >= 11 is 0. The van der Waals surface area contributed by atoms with Gasteiger partial charge in [0.2, 0.25) is 5.91 Å². The molecule has 0 saturated heterocycles. The van der Waals surface area contributed by atoms with Gasteiger partial charge in [-0.3, -0.25) is 9.59 Å². The molecule has 1 rings (SSSR count). The van der Waals surface area contributed by atoms with Crippen molar-refractivity contribution in [1.29, 1.82) is 0 Å². The van der Waals surface area contributed by atoms with E-state index in [0.717, 1.165) is 12.0 Å². The third kappa shape index (κ3) is 5.30. The summed E-state index contributed by atoms with van der Waals surface area (Å²) in [6.07, 6.45) is 2.23. The number of para-hydroxylation sites is 1. The number of carbonyl (C=O) groups is 2. The van der Waals surface area contributed by atoms with Crippen molar-refractivity contribution in [3.63, 3.8) is 0 Å². The summed E-state index contributed by atoms with van der Waals surface area (Å²) in [5.74, 6) is -1.51. The number of nitrogens with two attached hydrogens (primary N) is 1. The lowest BCUT2D eigenvalue weighted by Crippen LogP contribution is -2.33. The summed E-state index contributed by atoms with van der Waals surface area (Å²) in [6, 6.07) is 7.42. The largest absolute Gasteiger partial charge is 0.481 e. The SMILES string of the molecule is CCCC(CNC(=O)CCc1ccccc1N)C(=O)O. The van der Waals surface area contributed by atoms with E-state index in [9.17, 15) is 9.59 Å². The van der Waals surface area contributed by atoms with E-state index in [1.165, 1.54) is 0 Å². The molecule has 0 bridgehead atoms. The van der Waals surface area contributed by atoms with Crippen LogP contribution in [0.1, 0.15) is 31.7 Å². The van der Waals surface area contributed by atoms with Crippen LogP contribution in [0.25, 0.3) is 0 Å². The predicted molar refractivity (Wildman–Crippen MR) is 78.2 cm³/mol. The Balaban J connectivity index is 2.37. The molecule has 1 atom stereocenters. The fourth-order valence-corrected chi connectivity index (χ4v) is 2.00. The highest BCUT2D eigenvalue weighted by Gasteiger charge is 2.17. The third-order valence-corrected chi connectivity index (χ3v) is 3.21. The first-order valence-electron chi connectivity index (χ1n) is 6.87. The minimum Gasteiger partial charge on any atom is -0.481 e. The average Bonchev–Trinajstić information content (AvgIpc) is 2.42. The van der Waals surface area contributed by atoms with Crippen molar-refractivity contribution in [1.82, 2.24) is 5.32 Å². The number of aryl methyl sites for hydroxylation is 1. The standard InChI is InChI=1S/C15H22N2O3/c1-2-5-12(15(19)20)10-17-14(18)9-8-11-6-3-4-7-13(11)16/h3-4,6-7,12H,2,5,8-10,16H2,1H3,(H,17,18)(H,19,20). The van der Waals surface area contributed by atoms with Gasteiger partial charge in [-0.15, -0.1) is 0 Å². The van der Waals surface area contributed by atoms with Crippen LogP contribution in [0.4, 0.5) is 5.69 Å². The normalized spacial score (nSPS) is 11.8. The number of nitrogen functional groups attached to an aromatic ring is 1. The van der Waals surface area contributed by atoms with Gasteiger partial charge in [0, 0.05) is 18.7 Å². The Morgan fingerprint density at radius 1 is 1.35 bits per heavy atom. The Labute approximate surface area is 119 Å². The van der Waals surface area contributed by atoms with Gasteiger partial charge in [-0.25, -0.2) is 0 Å². The number of aliphatic carboxylic acids is 1. The molecule has 0 fully saturated rings. The lowest BCUT2D eigenvalue weighted by Gasteiger charge is -2.12. The zero-order valence-corrected chi connectivity index (χ0v) is 11.8. The fraction of sp³-hybridized carbons (Fsp3) is 0.467. The van der Waals surface area contributed by atoms with Crippen LogP contribution >= 0.6 is 0 Å². The van der Waals surface area contributed by atoms with Crippen molar-refractivity contribution in [2.24, 2.45) is 5.92 Å². The third-order valence-electron chi connectivity index (χ3n) is 3.21. The lowest BCUT2D eigenvalue weighted by atomic mass is 10.0. The van der Waals surface area contributed by atoms with E-state index in [4.69, 9.17) is 10.8 Å². The molecule has 4 N–H and O–H groups in total. The molecule has 110 valence electrons. The van der Waals surface area contributed by atoms with Crippen LogP contribution in [0.15, 0.2) is 24.3 Å². The first kappa shape index (κ1) is 16.0. The fourth-order valence-electron chi connectivity index (χ4n) is 2.00. The first-order chi connectivity index (χ1) is 9.54. The summed E-state index contributed by atoms with van der Waals surface area (Å²) in [4.78, 5) is 22.7. The minimum atomic E-state index is -0.862. The zero-order valence-electron chi connectivity index (χ0n) is 11.8. The molecule has 5 heteroatoms. The maximum absolute atomic E-state index is 11.7. The number of anilines is 1. The second-order valence-corrected chi connectivity index (χ2v) is 4.83. The van der Waals surface area contributed by atoms with E-state index in [-0.39, 0.29) is 12.5 Å². The molecule has 5 nitrogen and oxygen atoms in total. The van der Waals surface area contributed by atoms with Crippen molar-refractivity contribution >= 4 is 17.6 Å². The van der Waals surface area contributed by atoms with E-state index < -0.39 is 11.9 Å². The molecular formula is C15H22N2O3. The number of carbonyl (C=O) groups excluding carboxylic acids is 1. The molecule has 0 heterocycles. The van der Waals surface area contributed by atoms with Gasteiger partial charge in [0.25, 0.3) is 0 Å². The molecule has 0 saturated carbocycles. The summed E-state index contributed by atoms with van der Waals surface area (Å²) in [6.45, 7) is 2.11. The second-order valence-electron chi connectivity index (χ2n) is 4.83. The number of carboxylic acid groups (broad SMARTS) is 1. The van der Waals surface area contributed by atoms with Crippen LogP contribution in [0, 0.1) is 5.92 Å². The summed E-state index contributed by atoms with van der Waals surface area (Å²) in [5, 5.41) is 11.7. The Kier molecular flexibility index (Phi) is 6.56. The summed E-state index contributed by atoms with van der Waals surface area (Å²) in [7, 11) is 0. The Bertz CT molecular complexity index is 460. The van der Waals surface area contributed by atoms with Crippen LogP contribution in [0.5, 0.6) is 0 Å². The van der Waals surface area contributed by atoms with Gasteiger partial charge in [-0.2, -0.15) is 0 Å². The van der Waals surface area contributed by atoms with E-state index in [1.807, 2.05) is 25.1 Å². The monoisotopic (exact) mass is 278 g/mol. The molecule has 0 aliphatic heterocycles. The van der Waals surface area contributed by atoms with Crippen LogP contribution < -0.4 is 11.1 Å². The highest BCUT2D eigenvalue weighted by atomic mass is 16.4. The number of hydrogen-bond donors (Lipinski definition) is 3. The van der Waals surface area contributed by atoms with Gasteiger partial charge in [0.15, 0.2) is 0 Å². The van der Waals surface area contributed by atoms with E-state index in [1.54, 1.807) is 6.07 Å². The smallest absolute Gasteiger partial charge is 0.308 e. The van der Waals surface area contributed by atoms with Gasteiger partial charge in [0.05, 0.1) is 5.92 Å². The number of nitrogens with one attached hydrogen (secondary N) is 1. The number of amides is 1. The Morgan fingerprint density at radius 3 is 2.65 bits per heavy atom. The van der Waals surface area contributed by atoms with Gasteiger partial charge in [-0.05, 0) is 24.5 Å². The summed E-state index contributed by atoms with van der Waals surface area (Å²) < 4.78 is 0. The topological polar surface area (TPSA) is 92.4 Å². The number of hydrogen-bond acceptors (Lipinski definition) is 3. The second kappa shape index (κ2) is 8.19. The number of carboxylic acids is 1. The van der Waals surface area contributed by atoms with Crippen molar-refractivity contribution in [2.45, 2.75) is 32.6 Å². The maximum Gasteiger partial charge on any atom is 0.308 e.